The number of nitrogens with zero attached hydrogens (tertiary/aromatic N) is 3. The molecule has 4 heteroatoms. The van der Waals surface area contributed by atoms with Crippen molar-refractivity contribution in [2.24, 2.45) is 0 Å². The molecule has 0 aromatic rings. The maximum atomic E-state index is 9.29. The van der Waals surface area contributed by atoms with Gasteiger partial charge in [0.15, 0.2) is 10.7 Å². The van der Waals surface area contributed by atoms with Gasteiger partial charge in [0.25, 0.3) is 0 Å². The van der Waals surface area contributed by atoms with Crippen LogP contribution in [0.2, 0.25) is 0 Å². The van der Waals surface area contributed by atoms with Gasteiger partial charge >= 0.3 is 6.20 Å². The second kappa shape index (κ2) is 6.20. The minimum absolute atomic E-state index is 0.142. The van der Waals surface area contributed by atoms with Crippen LogP contribution < -0.4 is 0 Å². The molecule has 0 unspecified atom stereocenters. The predicted octanol–water partition coefficient (Wildman–Crippen LogP) is 2.67. The highest BCUT2D eigenvalue weighted by molar-refractivity contribution is 4.97. The summed E-state index contributed by atoms with van der Waals surface area (Å²) in [6, 6.07) is 0.525. The molecule has 4 nitrogen and oxygen atoms in total. The molecule has 1 atom stereocenters. The monoisotopic (exact) mass is 208 g/mol. The Morgan fingerprint density at radius 1 is 1.67 bits per heavy atom. The molecule has 0 bridgehead atoms. The summed E-state index contributed by atoms with van der Waals surface area (Å²) in [5, 5.41) is 17.5. The minimum Gasteiger partial charge on any atom is -0.505 e. The van der Waals surface area contributed by atoms with Crippen LogP contribution in [0.5, 0.6) is 0 Å². The van der Waals surface area contributed by atoms with Gasteiger partial charge in [-0.05, 0) is 25.8 Å². The fraction of sp³-hybridized carbons (Fsp3) is 0.636. The highest BCUT2D eigenvalue weighted by atomic mass is 16.3. The summed E-state index contributed by atoms with van der Waals surface area (Å²) in [7, 11) is 0. The Labute approximate surface area is 90.5 Å². The van der Waals surface area contributed by atoms with Crippen molar-refractivity contribution >= 4 is 0 Å². The van der Waals surface area contributed by atoms with Crippen LogP contribution in [0.15, 0.2) is 24.6 Å². The van der Waals surface area contributed by atoms with Crippen molar-refractivity contribution in [1.82, 2.24) is 4.90 Å². The molecule has 1 heterocycles. The summed E-state index contributed by atoms with van der Waals surface area (Å²) in [6.07, 6.45) is 6.88. The molecule has 0 radical (unpaired) electrons. The Bertz CT molecular complexity index is 280. The fourth-order valence-electron chi connectivity index (χ4n) is 2.07. The molecule has 82 valence electrons. The first kappa shape index (κ1) is 11.7. The standard InChI is InChI=1S/C11H17N3O/c1-2-7-14-8-3-4-10(14)5-6-11(15)9-13-12/h2,9-10H,1,3-8H2/p+1/b11-9-/t10-/m0/s1. The maximum absolute atomic E-state index is 9.29. The molecule has 0 spiro atoms. The first-order chi connectivity index (χ1) is 7.27. The van der Waals surface area contributed by atoms with Gasteiger partial charge in [0.2, 0.25) is 5.39 Å². The lowest BCUT2D eigenvalue weighted by atomic mass is 10.1. The van der Waals surface area contributed by atoms with Crippen molar-refractivity contribution in [2.75, 3.05) is 13.1 Å². The zero-order valence-corrected chi connectivity index (χ0v) is 8.97. The molecule has 15 heavy (non-hydrogen) atoms. The number of aliphatic hydroxyl groups is 1. The summed E-state index contributed by atoms with van der Waals surface area (Å²) < 4.78 is 0. The van der Waals surface area contributed by atoms with Crippen LogP contribution in [-0.4, -0.2) is 29.1 Å². The third-order valence-corrected chi connectivity index (χ3v) is 2.80. The van der Waals surface area contributed by atoms with Crippen molar-refractivity contribution < 1.29 is 5.11 Å². The Balaban J connectivity index is 2.34. The number of aliphatic hydroxyl groups excluding tert-OH is 1. The molecule has 1 aliphatic heterocycles. The second-order valence-electron chi connectivity index (χ2n) is 3.85. The van der Waals surface area contributed by atoms with E-state index in [0.29, 0.717) is 12.5 Å². The van der Waals surface area contributed by atoms with Gasteiger partial charge < -0.3 is 5.11 Å². The van der Waals surface area contributed by atoms with Crippen molar-refractivity contribution in [3.8, 4) is 0 Å². The lowest BCUT2D eigenvalue weighted by Gasteiger charge is -2.22. The van der Waals surface area contributed by atoms with Crippen LogP contribution in [0.3, 0.4) is 0 Å². The van der Waals surface area contributed by atoms with Gasteiger partial charge in [-0.15, -0.1) is 6.58 Å². The predicted molar refractivity (Wildman–Crippen MR) is 59.8 cm³/mol. The molecule has 0 saturated carbocycles. The highest BCUT2D eigenvalue weighted by Crippen LogP contribution is 2.22. The molecule has 0 aromatic heterocycles. The molecule has 0 amide bonds. The van der Waals surface area contributed by atoms with Crippen LogP contribution in [0, 0.1) is 5.39 Å². The topological polar surface area (TPSA) is 51.6 Å². The molecule has 0 aliphatic carbocycles. The van der Waals surface area contributed by atoms with Gasteiger partial charge in [-0.25, -0.2) is 0 Å². The highest BCUT2D eigenvalue weighted by Gasteiger charge is 2.23. The molecule has 1 fully saturated rings. The summed E-state index contributed by atoms with van der Waals surface area (Å²) in [5.74, 6) is 0.142. The molecule has 1 saturated heterocycles. The van der Waals surface area contributed by atoms with Crippen LogP contribution in [-0.2, 0) is 0 Å². The van der Waals surface area contributed by atoms with E-state index in [1.54, 1.807) is 0 Å². The number of rotatable bonds is 5. The van der Waals surface area contributed by atoms with Crippen LogP contribution in [0.1, 0.15) is 25.7 Å². The van der Waals surface area contributed by atoms with Gasteiger partial charge in [-0.3, -0.25) is 4.90 Å². The zero-order chi connectivity index (χ0) is 11.1. The van der Waals surface area contributed by atoms with Crippen molar-refractivity contribution in [3.05, 3.63) is 29.6 Å². The van der Waals surface area contributed by atoms with E-state index in [4.69, 9.17) is 5.39 Å². The largest absolute Gasteiger partial charge is 0.505 e. The maximum Gasteiger partial charge on any atom is 0.387 e. The lowest BCUT2D eigenvalue weighted by molar-refractivity contribution is 0.257. The Kier molecular flexibility index (Phi) is 4.85. The Hall–Kier alpha value is -1.34. The normalized spacial score (nSPS) is 22.6. The van der Waals surface area contributed by atoms with Crippen molar-refractivity contribution in [2.45, 2.75) is 31.7 Å². The summed E-state index contributed by atoms with van der Waals surface area (Å²) in [4.78, 5) is 5.17. The van der Waals surface area contributed by atoms with Gasteiger partial charge in [0.05, 0.1) is 0 Å². The Morgan fingerprint density at radius 3 is 3.13 bits per heavy atom. The molecular formula is C11H18N3O+. The third kappa shape index (κ3) is 3.72. The number of hydrogen-bond acceptors (Lipinski definition) is 3. The quantitative estimate of drug-likeness (QED) is 0.429. The number of likely N-dealkylation sites (tertiary alicyclic amines) is 1. The minimum atomic E-state index is 0.142. The van der Waals surface area contributed by atoms with Crippen molar-refractivity contribution in [3.63, 3.8) is 0 Å². The van der Waals surface area contributed by atoms with E-state index >= 15 is 0 Å². The molecule has 1 rings (SSSR count). The second-order valence-corrected chi connectivity index (χ2v) is 3.85. The molecule has 0 aromatic carbocycles. The molecule has 1 N–H and O–H groups in total. The summed E-state index contributed by atoms with van der Waals surface area (Å²) >= 11 is 0. The van der Waals surface area contributed by atoms with E-state index in [9.17, 15) is 5.11 Å². The first-order valence-electron chi connectivity index (χ1n) is 5.35. The third-order valence-electron chi connectivity index (χ3n) is 2.80. The van der Waals surface area contributed by atoms with E-state index < -0.39 is 0 Å². The SMILES string of the molecule is C=CCN1CCC[C@H]1CC/C(O)=C/[N+]#N. The Morgan fingerprint density at radius 2 is 2.47 bits per heavy atom. The number of diazo groups is 1. The van der Waals surface area contributed by atoms with Crippen LogP contribution >= 0.6 is 0 Å². The van der Waals surface area contributed by atoms with E-state index in [-0.39, 0.29) is 5.76 Å². The first-order valence-corrected chi connectivity index (χ1v) is 5.35. The van der Waals surface area contributed by atoms with E-state index in [0.717, 1.165) is 25.7 Å². The number of hydrogen-bond donors (Lipinski definition) is 1. The van der Waals surface area contributed by atoms with Gasteiger partial charge in [0.1, 0.15) is 0 Å². The fourth-order valence-corrected chi connectivity index (χ4v) is 2.07. The lowest BCUT2D eigenvalue weighted by Crippen LogP contribution is -2.29. The molecule has 1 aliphatic rings. The van der Waals surface area contributed by atoms with Crippen molar-refractivity contribution in [1.29, 1.82) is 5.39 Å². The van der Waals surface area contributed by atoms with Gasteiger partial charge in [-0.1, -0.05) is 6.08 Å². The van der Waals surface area contributed by atoms with E-state index in [1.165, 1.54) is 12.8 Å². The number of allylic oxidation sites excluding steroid dienone is 1. The molecular weight excluding hydrogens is 190 g/mol. The average molecular weight is 208 g/mol. The van der Waals surface area contributed by atoms with Crippen LogP contribution in [0.25, 0.3) is 4.98 Å². The van der Waals surface area contributed by atoms with E-state index in [1.807, 2.05) is 6.08 Å². The summed E-state index contributed by atoms with van der Waals surface area (Å²) in [5.41, 5.74) is 0. The van der Waals surface area contributed by atoms with Gasteiger partial charge in [-0.2, -0.15) is 0 Å². The zero-order valence-electron chi connectivity index (χ0n) is 8.97. The van der Waals surface area contributed by atoms with Crippen LogP contribution in [0.4, 0.5) is 0 Å². The van der Waals surface area contributed by atoms with Gasteiger partial charge in [0, 0.05) is 19.0 Å². The van der Waals surface area contributed by atoms with E-state index in [2.05, 4.69) is 16.5 Å². The smallest absolute Gasteiger partial charge is 0.387 e. The average Bonchev–Trinajstić information content (AvgIpc) is 2.64. The summed E-state index contributed by atoms with van der Waals surface area (Å²) in [6.45, 7) is 5.77.